The number of hydrogen-bond donors (Lipinski definition) is 1. The molecule has 1 amide bonds. The third-order valence-electron chi connectivity index (χ3n) is 2.57. The van der Waals surface area contributed by atoms with Crippen molar-refractivity contribution in [3.8, 4) is 6.07 Å². The first-order valence-electron chi connectivity index (χ1n) is 5.18. The summed E-state index contributed by atoms with van der Waals surface area (Å²) in [7, 11) is 0. The number of piperazine rings is 1. The van der Waals surface area contributed by atoms with E-state index in [4.69, 9.17) is 5.26 Å². The molecule has 1 aromatic rings. The fraction of sp³-hybridized carbons (Fsp3) is 0.500. The van der Waals surface area contributed by atoms with Gasteiger partial charge in [0.15, 0.2) is 0 Å². The summed E-state index contributed by atoms with van der Waals surface area (Å²) in [5.41, 5.74) is 0. The number of rotatable bonds is 2. The number of amides is 1. The topological polar surface area (TPSA) is 74.0 Å². The average Bonchev–Trinajstić information content (AvgIpc) is 2.81. The molecule has 0 spiro atoms. The maximum absolute atomic E-state index is 11.9. The number of carbonyl (C=O) groups excluding carboxylic acids is 1. The van der Waals surface area contributed by atoms with Crippen molar-refractivity contribution < 1.29 is 4.79 Å². The van der Waals surface area contributed by atoms with Crippen LogP contribution in [0.1, 0.15) is 0 Å². The van der Waals surface area contributed by atoms with E-state index < -0.39 is 0 Å². The van der Waals surface area contributed by atoms with Crippen LogP contribution in [-0.2, 0) is 11.3 Å². The lowest BCUT2D eigenvalue weighted by Crippen LogP contribution is -2.53. The molecule has 1 fully saturated rings. The molecule has 6 heteroatoms. The highest BCUT2D eigenvalue weighted by Gasteiger charge is 2.26. The van der Waals surface area contributed by atoms with Gasteiger partial charge in [-0.25, -0.2) is 0 Å². The first kappa shape index (κ1) is 10.6. The number of nitriles is 1. The zero-order valence-electron chi connectivity index (χ0n) is 8.83. The molecule has 1 saturated heterocycles. The van der Waals surface area contributed by atoms with Crippen LogP contribution in [0.4, 0.5) is 0 Å². The Bertz CT molecular complexity index is 394. The lowest BCUT2D eigenvalue weighted by molar-refractivity contribution is -0.134. The second kappa shape index (κ2) is 4.77. The first-order valence-corrected chi connectivity index (χ1v) is 5.18. The van der Waals surface area contributed by atoms with Gasteiger partial charge in [0.1, 0.15) is 12.6 Å². The van der Waals surface area contributed by atoms with Crippen LogP contribution in [0.15, 0.2) is 18.5 Å². The van der Waals surface area contributed by atoms with E-state index >= 15 is 0 Å². The number of aromatic nitrogens is 2. The van der Waals surface area contributed by atoms with Crippen LogP contribution in [0.25, 0.3) is 0 Å². The number of nitrogens with zero attached hydrogens (tertiary/aromatic N) is 4. The first-order chi connectivity index (χ1) is 7.81. The molecular formula is C10H13N5O. The molecule has 6 nitrogen and oxygen atoms in total. The minimum atomic E-state index is -0.364. The SMILES string of the molecule is N#CC1CNCCN1C(=O)Cn1cccn1. The smallest absolute Gasteiger partial charge is 0.245 e. The normalized spacial score (nSPS) is 20.4. The Labute approximate surface area is 93.5 Å². The van der Waals surface area contributed by atoms with E-state index in [-0.39, 0.29) is 18.5 Å². The largest absolute Gasteiger partial charge is 0.322 e. The number of nitrogens with one attached hydrogen (secondary N) is 1. The molecule has 1 aliphatic rings. The van der Waals surface area contributed by atoms with Crippen molar-refractivity contribution in [1.82, 2.24) is 20.0 Å². The highest BCUT2D eigenvalue weighted by Crippen LogP contribution is 2.04. The molecule has 0 radical (unpaired) electrons. The van der Waals surface area contributed by atoms with E-state index in [0.29, 0.717) is 13.1 Å². The molecule has 1 N–H and O–H groups in total. The fourth-order valence-corrected chi connectivity index (χ4v) is 1.74. The standard InChI is InChI=1S/C10H13N5O/c11-6-9-7-12-3-5-15(9)10(16)8-14-4-1-2-13-14/h1-2,4,9,12H,3,5,7-8H2. The zero-order chi connectivity index (χ0) is 11.4. The van der Waals surface area contributed by atoms with Gasteiger partial charge in [-0.2, -0.15) is 10.4 Å². The van der Waals surface area contributed by atoms with Crippen molar-refractivity contribution in [2.24, 2.45) is 0 Å². The third-order valence-corrected chi connectivity index (χ3v) is 2.57. The molecule has 2 rings (SSSR count). The molecule has 1 atom stereocenters. The summed E-state index contributed by atoms with van der Waals surface area (Å²) in [6.45, 7) is 2.06. The van der Waals surface area contributed by atoms with Gasteiger partial charge >= 0.3 is 0 Å². The maximum atomic E-state index is 11.9. The summed E-state index contributed by atoms with van der Waals surface area (Å²) in [4.78, 5) is 13.5. The van der Waals surface area contributed by atoms with Gasteiger partial charge in [-0.3, -0.25) is 9.48 Å². The van der Waals surface area contributed by atoms with Crippen LogP contribution >= 0.6 is 0 Å². The number of hydrogen-bond acceptors (Lipinski definition) is 4. The van der Waals surface area contributed by atoms with E-state index in [1.165, 1.54) is 0 Å². The van der Waals surface area contributed by atoms with Gasteiger partial charge in [0.25, 0.3) is 0 Å². The van der Waals surface area contributed by atoms with Gasteiger partial charge in [-0.05, 0) is 6.07 Å². The summed E-state index contributed by atoms with van der Waals surface area (Å²) in [5, 5.41) is 16.0. The summed E-state index contributed by atoms with van der Waals surface area (Å²) < 4.78 is 1.57. The Hall–Kier alpha value is -1.87. The molecule has 0 saturated carbocycles. The van der Waals surface area contributed by atoms with E-state index in [9.17, 15) is 4.79 Å². The van der Waals surface area contributed by atoms with Crippen LogP contribution < -0.4 is 5.32 Å². The van der Waals surface area contributed by atoms with E-state index in [2.05, 4.69) is 16.5 Å². The summed E-state index contributed by atoms with van der Waals surface area (Å²) >= 11 is 0. The molecule has 0 aromatic carbocycles. The molecule has 1 aromatic heterocycles. The van der Waals surface area contributed by atoms with Crippen LogP contribution in [0.2, 0.25) is 0 Å². The lowest BCUT2D eigenvalue weighted by atomic mass is 10.2. The lowest BCUT2D eigenvalue weighted by Gasteiger charge is -2.31. The highest BCUT2D eigenvalue weighted by molar-refractivity contribution is 5.76. The molecule has 16 heavy (non-hydrogen) atoms. The Morgan fingerprint density at radius 2 is 2.56 bits per heavy atom. The molecule has 1 aliphatic heterocycles. The minimum absolute atomic E-state index is 0.0586. The predicted molar refractivity (Wildman–Crippen MR) is 56.2 cm³/mol. The zero-order valence-corrected chi connectivity index (χ0v) is 8.83. The average molecular weight is 219 g/mol. The van der Waals surface area contributed by atoms with Crippen LogP contribution in [0.5, 0.6) is 0 Å². The molecule has 84 valence electrons. The maximum Gasteiger partial charge on any atom is 0.245 e. The van der Waals surface area contributed by atoms with Gasteiger partial charge < -0.3 is 10.2 Å². The van der Waals surface area contributed by atoms with Crippen molar-refractivity contribution in [1.29, 1.82) is 5.26 Å². The fourth-order valence-electron chi connectivity index (χ4n) is 1.74. The highest BCUT2D eigenvalue weighted by atomic mass is 16.2. The summed E-state index contributed by atoms with van der Waals surface area (Å²) in [6, 6.07) is 3.53. The van der Waals surface area contributed by atoms with Crippen molar-refractivity contribution in [3.63, 3.8) is 0 Å². The van der Waals surface area contributed by atoms with Crippen molar-refractivity contribution in [3.05, 3.63) is 18.5 Å². The second-order valence-electron chi connectivity index (χ2n) is 3.64. The third kappa shape index (κ3) is 2.20. The van der Waals surface area contributed by atoms with Gasteiger partial charge in [-0.15, -0.1) is 0 Å². The molecule has 0 bridgehead atoms. The minimum Gasteiger partial charge on any atom is -0.322 e. The van der Waals surface area contributed by atoms with Gasteiger partial charge in [0, 0.05) is 32.0 Å². The summed E-state index contributed by atoms with van der Waals surface area (Å²) in [6.07, 6.45) is 3.37. The van der Waals surface area contributed by atoms with Crippen LogP contribution in [0.3, 0.4) is 0 Å². The quantitative estimate of drug-likeness (QED) is 0.707. The van der Waals surface area contributed by atoms with Gasteiger partial charge in [0.2, 0.25) is 5.91 Å². The summed E-state index contributed by atoms with van der Waals surface area (Å²) in [5.74, 6) is -0.0586. The Kier molecular flexibility index (Phi) is 3.17. The van der Waals surface area contributed by atoms with Gasteiger partial charge in [0.05, 0.1) is 6.07 Å². The van der Waals surface area contributed by atoms with E-state index in [0.717, 1.165) is 6.54 Å². The molecule has 1 unspecified atom stereocenters. The predicted octanol–water partition coefficient (Wildman–Crippen LogP) is -0.793. The molecule has 2 heterocycles. The Balaban J connectivity index is 2.00. The van der Waals surface area contributed by atoms with Crippen molar-refractivity contribution in [2.45, 2.75) is 12.6 Å². The second-order valence-corrected chi connectivity index (χ2v) is 3.64. The van der Waals surface area contributed by atoms with Crippen LogP contribution in [0, 0.1) is 11.3 Å². The van der Waals surface area contributed by atoms with Crippen molar-refractivity contribution >= 4 is 5.91 Å². The molecule has 0 aliphatic carbocycles. The van der Waals surface area contributed by atoms with E-state index in [1.807, 2.05) is 0 Å². The number of carbonyl (C=O) groups is 1. The van der Waals surface area contributed by atoms with Crippen molar-refractivity contribution in [2.75, 3.05) is 19.6 Å². The Morgan fingerprint density at radius 3 is 3.25 bits per heavy atom. The van der Waals surface area contributed by atoms with Crippen LogP contribution in [-0.4, -0.2) is 46.3 Å². The van der Waals surface area contributed by atoms with E-state index in [1.54, 1.807) is 28.0 Å². The Morgan fingerprint density at radius 1 is 1.69 bits per heavy atom. The van der Waals surface area contributed by atoms with Gasteiger partial charge in [-0.1, -0.05) is 0 Å². The molecular weight excluding hydrogens is 206 g/mol. The monoisotopic (exact) mass is 219 g/mol.